The molecule has 6 heteroatoms. The van der Waals surface area contributed by atoms with Gasteiger partial charge in [-0.1, -0.05) is 6.07 Å². The van der Waals surface area contributed by atoms with E-state index in [1.54, 1.807) is 18.3 Å². The summed E-state index contributed by atoms with van der Waals surface area (Å²) in [6.07, 6.45) is 0.795. The van der Waals surface area contributed by atoms with Crippen molar-refractivity contribution in [2.45, 2.75) is 27.2 Å². The predicted molar refractivity (Wildman–Crippen MR) is 89.3 cm³/mol. The molecular weight excluding hydrogens is 318 g/mol. The molecule has 2 aromatic rings. The van der Waals surface area contributed by atoms with Crippen molar-refractivity contribution in [3.05, 3.63) is 31.6 Å². The molecule has 1 N–H and O–H groups in total. The normalized spacial score (nSPS) is 12.0. The van der Waals surface area contributed by atoms with Gasteiger partial charge in [0.1, 0.15) is 5.75 Å². The topological polar surface area (TPSA) is 51.3 Å². The molecule has 1 aliphatic carbocycles. The lowest BCUT2D eigenvalue weighted by Crippen LogP contribution is -2.15. The minimum absolute atomic E-state index is 0.0617. The minimum Gasteiger partial charge on any atom is -0.481 e. The number of hydrogen-bond acceptors (Lipinski definition) is 5. The zero-order valence-electron chi connectivity index (χ0n) is 12.7. The predicted octanol–water partition coefficient (Wildman–Crippen LogP) is 3.94. The van der Waals surface area contributed by atoms with Crippen molar-refractivity contribution < 1.29 is 14.3 Å². The molecule has 0 saturated heterocycles. The van der Waals surface area contributed by atoms with Crippen LogP contribution in [0.25, 0.3) is 11.3 Å². The molecular formula is C16H17NO3S2. The van der Waals surface area contributed by atoms with Crippen LogP contribution in [0.2, 0.25) is 0 Å². The van der Waals surface area contributed by atoms with Gasteiger partial charge in [-0.25, -0.2) is 4.79 Å². The second-order valence-corrected chi connectivity index (χ2v) is 7.05. The smallest absolute Gasteiger partial charge is 0.344 e. The summed E-state index contributed by atoms with van der Waals surface area (Å²) in [4.78, 5) is 16.0. The number of thiazole rings is 1. The summed E-state index contributed by atoms with van der Waals surface area (Å²) in [5.41, 5.74) is 5.62. The van der Waals surface area contributed by atoms with E-state index >= 15 is 0 Å². The molecule has 116 valence electrons. The standard InChI is InChI=1S/C16H17NO3S2/c1-4-19-12(18)7-20-15-9(3)5-8(2)13-10(15)6-11-14(13)17-16(21)22-11/h5H,4,6-7H2,1-3H3,(H,17,21). The molecule has 0 atom stereocenters. The fraction of sp³-hybridized carbons (Fsp3) is 0.375. The third-order valence-corrected chi connectivity index (χ3v) is 4.94. The maximum atomic E-state index is 11.5. The molecule has 0 fully saturated rings. The number of fused-ring (bicyclic) bond motifs is 3. The van der Waals surface area contributed by atoms with E-state index in [0.717, 1.165) is 38.5 Å². The molecule has 1 aromatic heterocycles. The number of aromatic nitrogens is 1. The summed E-state index contributed by atoms with van der Waals surface area (Å²) in [7, 11) is 0. The molecule has 3 rings (SSSR count). The van der Waals surface area contributed by atoms with Gasteiger partial charge in [0.2, 0.25) is 0 Å². The highest BCUT2D eigenvalue weighted by atomic mass is 32.1. The maximum Gasteiger partial charge on any atom is 0.344 e. The van der Waals surface area contributed by atoms with Gasteiger partial charge in [0.25, 0.3) is 0 Å². The van der Waals surface area contributed by atoms with E-state index in [9.17, 15) is 4.79 Å². The van der Waals surface area contributed by atoms with E-state index in [4.69, 9.17) is 21.7 Å². The zero-order valence-corrected chi connectivity index (χ0v) is 14.4. The van der Waals surface area contributed by atoms with Gasteiger partial charge in [0.05, 0.1) is 12.3 Å². The Bertz CT molecular complexity index is 804. The Morgan fingerprint density at radius 3 is 2.91 bits per heavy atom. The molecule has 1 heterocycles. The number of nitrogens with one attached hydrogen (secondary N) is 1. The molecule has 0 aliphatic heterocycles. The van der Waals surface area contributed by atoms with Gasteiger partial charge in [-0.3, -0.25) is 0 Å². The van der Waals surface area contributed by atoms with E-state index in [-0.39, 0.29) is 12.6 Å². The highest BCUT2D eigenvalue weighted by Crippen LogP contribution is 2.45. The SMILES string of the molecule is CCOC(=O)COc1c(C)cc(C)c2c1Cc1sc(=S)[nH]c1-2. The van der Waals surface area contributed by atoms with Crippen molar-refractivity contribution in [3.63, 3.8) is 0 Å². The van der Waals surface area contributed by atoms with Crippen molar-refractivity contribution in [2.75, 3.05) is 13.2 Å². The molecule has 1 aliphatic rings. The first kappa shape index (κ1) is 15.2. The third-order valence-electron chi connectivity index (χ3n) is 3.71. The quantitative estimate of drug-likeness (QED) is 0.580. The monoisotopic (exact) mass is 335 g/mol. The van der Waals surface area contributed by atoms with Crippen molar-refractivity contribution in [3.8, 4) is 17.0 Å². The zero-order chi connectivity index (χ0) is 15.9. The molecule has 0 spiro atoms. The van der Waals surface area contributed by atoms with Crippen LogP contribution in [0.3, 0.4) is 0 Å². The van der Waals surface area contributed by atoms with E-state index in [2.05, 4.69) is 18.0 Å². The number of benzene rings is 1. The van der Waals surface area contributed by atoms with E-state index < -0.39 is 0 Å². The van der Waals surface area contributed by atoms with Crippen molar-refractivity contribution in [1.29, 1.82) is 0 Å². The van der Waals surface area contributed by atoms with E-state index in [1.807, 2.05) is 6.92 Å². The van der Waals surface area contributed by atoms with E-state index in [1.165, 1.54) is 10.4 Å². The van der Waals surface area contributed by atoms with Gasteiger partial charge >= 0.3 is 5.97 Å². The van der Waals surface area contributed by atoms with Gasteiger partial charge in [0.15, 0.2) is 10.6 Å². The Labute approximate surface area is 138 Å². The molecule has 0 saturated carbocycles. The number of aryl methyl sites for hydroxylation is 2. The van der Waals surface area contributed by atoms with Crippen molar-refractivity contribution in [1.82, 2.24) is 4.98 Å². The van der Waals surface area contributed by atoms with Crippen LogP contribution >= 0.6 is 23.6 Å². The first-order valence-electron chi connectivity index (χ1n) is 7.15. The Kier molecular flexibility index (Phi) is 4.06. The average molecular weight is 335 g/mol. The number of H-pyrrole nitrogens is 1. The summed E-state index contributed by atoms with van der Waals surface area (Å²) < 4.78 is 11.5. The Hall–Kier alpha value is -1.66. The van der Waals surface area contributed by atoms with Gasteiger partial charge in [0, 0.05) is 22.4 Å². The highest BCUT2D eigenvalue weighted by molar-refractivity contribution is 7.73. The average Bonchev–Trinajstić information content (AvgIpc) is 2.94. The Morgan fingerprint density at radius 2 is 2.18 bits per heavy atom. The number of hydrogen-bond donors (Lipinski definition) is 1. The number of carbonyl (C=O) groups excluding carboxylic acids is 1. The van der Waals surface area contributed by atoms with Crippen LogP contribution in [0.15, 0.2) is 6.07 Å². The minimum atomic E-state index is -0.344. The third kappa shape index (κ3) is 2.57. The molecule has 4 nitrogen and oxygen atoms in total. The van der Waals surface area contributed by atoms with Crippen LogP contribution in [0.1, 0.15) is 28.5 Å². The second kappa shape index (κ2) is 5.85. The van der Waals surface area contributed by atoms with Crippen molar-refractivity contribution >= 4 is 29.5 Å². The number of esters is 1. The first-order valence-corrected chi connectivity index (χ1v) is 8.37. The fourth-order valence-corrected chi connectivity index (χ4v) is 4.20. The summed E-state index contributed by atoms with van der Waals surface area (Å²) in [6, 6.07) is 2.09. The van der Waals surface area contributed by atoms with Crippen LogP contribution < -0.4 is 4.74 Å². The van der Waals surface area contributed by atoms with Crippen LogP contribution in [-0.4, -0.2) is 24.2 Å². The van der Waals surface area contributed by atoms with Gasteiger partial charge in [-0.15, -0.1) is 11.3 Å². The Balaban J connectivity index is 1.99. The molecule has 0 radical (unpaired) electrons. The summed E-state index contributed by atoms with van der Waals surface area (Å²) in [5.74, 6) is 0.444. The number of rotatable bonds is 4. The Morgan fingerprint density at radius 1 is 1.41 bits per heavy atom. The first-order chi connectivity index (χ1) is 10.5. The van der Waals surface area contributed by atoms with Crippen LogP contribution in [-0.2, 0) is 16.0 Å². The summed E-state index contributed by atoms with van der Waals surface area (Å²) >= 11 is 6.84. The lowest BCUT2D eigenvalue weighted by Gasteiger charge is -2.15. The van der Waals surface area contributed by atoms with E-state index in [0.29, 0.717) is 6.61 Å². The lowest BCUT2D eigenvalue weighted by atomic mass is 9.99. The number of ether oxygens (including phenoxy) is 2. The molecule has 0 amide bonds. The van der Waals surface area contributed by atoms with Gasteiger partial charge < -0.3 is 14.5 Å². The summed E-state index contributed by atoms with van der Waals surface area (Å²) in [5, 5.41) is 0. The largest absolute Gasteiger partial charge is 0.481 e. The molecule has 1 aromatic carbocycles. The summed E-state index contributed by atoms with van der Waals surface area (Å²) in [6.45, 7) is 6.18. The second-order valence-electron chi connectivity index (χ2n) is 5.28. The molecule has 0 bridgehead atoms. The fourth-order valence-electron chi connectivity index (χ4n) is 2.95. The number of carbonyl (C=O) groups is 1. The van der Waals surface area contributed by atoms with Crippen LogP contribution in [0, 0.1) is 17.8 Å². The number of aromatic amines is 1. The van der Waals surface area contributed by atoms with Gasteiger partial charge in [-0.05, 0) is 44.1 Å². The highest BCUT2D eigenvalue weighted by Gasteiger charge is 2.27. The molecule has 0 unspecified atom stereocenters. The van der Waals surface area contributed by atoms with Crippen LogP contribution in [0.5, 0.6) is 5.75 Å². The van der Waals surface area contributed by atoms with Crippen molar-refractivity contribution in [2.24, 2.45) is 0 Å². The van der Waals surface area contributed by atoms with Gasteiger partial charge in [-0.2, -0.15) is 0 Å². The van der Waals surface area contributed by atoms with Crippen LogP contribution in [0.4, 0.5) is 0 Å². The molecule has 22 heavy (non-hydrogen) atoms. The lowest BCUT2D eigenvalue weighted by molar-refractivity contribution is -0.145. The maximum absolute atomic E-state index is 11.5.